The third-order valence-electron chi connectivity index (χ3n) is 2.32. The number of hydrogen-bond donors (Lipinski definition) is 2. The van der Waals surface area contributed by atoms with Gasteiger partial charge in [-0.3, -0.25) is 5.73 Å². The molecule has 0 aliphatic rings. The number of aliphatic hydroxyl groups is 1. The largest absolute Gasteiger partial charge is 0.495 e. The molecule has 1 aromatic heterocycles. The lowest BCUT2D eigenvalue weighted by atomic mass is 9.85. The van der Waals surface area contributed by atoms with Crippen molar-refractivity contribution in [3.8, 4) is 5.75 Å². The SMILES string of the molecule is COc1c(C)csc1C(N)(O)CC(C)(C)C.Cl. The van der Waals surface area contributed by atoms with Gasteiger partial charge in [-0.15, -0.1) is 23.7 Å². The van der Waals surface area contributed by atoms with Crippen molar-refractivity contribution in [2.45, 2.75) is 39.8 Å². The van der Waals surface area contributed by atoms with Gasteiger partial charge in [-0.25, -0.2) is 0 Å². The fourth-order valence-electron chi connectivity index (χ4n) is 1.87. The minimum atomic E-state index is -1.32. The van der Waals surface area contributed by atoms with Crippen LogP contribution in [-0.2, 0) is 5.72 Å². The first-order valence-electron chi connectivity index (χ1n) is 5.31. The molecule has 17 heavy (non-hydrogen) atoms. The Balaban J connectivity index is 0.00000256. The van der Waals surface area contributed by atoms with Crippen LogP contribution in [0.2, 0.25) is 0 Å². The van der Waals surface area contributed by atoms with Gasteiger partial charge in [-0.1, -0.05) is 20.8 Å². The van der Waals surface area contributed by atoms with E-state index in [0.29, 0.717) is 17.0 Å². The number of thiophene rings is 1. The van der Waals surface area contributed by atoms with Gasteiger partial charge in [0.05, 0.1) is 12.0 Å². The number of ether oxygens (including phenoxy) is 1. The second kappa shape index (κ2) is 5.57. The van der Waals surface area contributed by atoms with Gasteiger partial charge in [0.1, 0.15) is 5.75 Å². The van der Waals surface area contributed by atoms with Crippen LogP contribution >= 0.6 is 23.7 Å². The van der Waals surface area contributed by atoms with Gasteiger partial charge in [0.25, 0.3) is 0 Å². The zero-order valence-electron chi connectivity index (χ0n) is 11.0. The lowest BCUT2D eigenvalue weighted by molar-refractivity contribution is 0.00448. The molecule has 3 nitrogen and oxygen atoms in total. The van der Waals surface area contributed by atoms with Crippen LogP contribution in [0.1, 0.15) is 37.6 Å². The normalized spacial score (nSPS) is 15.0. The molecule has 3 N–H and O–H groups in total. The summed E-state index contributed by atoms with van der Waals surface area (Å²) in [5, 5.41) is 12.3. The van der Waals surface area contributed by atoms with Gasteiger partial charge < -0.3 is 9.84 Å². The van der Waals surface area contributed by atoms with Crippen molar-refractivity contribution in [1.29, 1.82) is 0 Å². The molecule has 1 atom stereocenters. The first-order chi connectivity index (χ1) is 7.17. The Morgan fingerprint density at radius 1 is 1.41 bits per heavy atom. The molecule has 0 saturated heterocycles. The summed E-state index contributed by atoms with van der Waals surface area (Å²) in [6.07, 6.45) is 0.496. The number of nitrogens with two attached hydrogens (primary N) is 1. The average Bonchev–Trinajstić information content (AvgIpc) is 2.42. The maximum absolute atomic E-state index is 10.4. The molecule has 0 amide bonds. The molecule has 5 heteroatoms. The van der Waals surface area contributed by atoms with E-state index in [-0.39, 0.29) is 17.8 Å². The minimum Gasteiger partial charge on any atom is -0.495 e. The van der Waals surface area contributed by atoms with Crippen LogP contribution in [0.25, 0.3) is 0 Å². The Morgan fingerprint density at radius 3 is 2.35 bits per heavy atom. The summed E-state index contributed by atoms with van der Waals surface area (Å²) >= 11 is 1.45. The van der Waals surface area contributed by atoms with E-state index in [1.165, 1.54) is 11.3 Å². The number of rotatable bonds is 3. The van der Waals surface area contributed by atoms with Crippen LogP contribution in [-0.4, -0.2) is 12.2 Å². The second-order valence-corrected chi connectivity index (χ2v) is 6.32. The smallest absolute Gasteiger partial charge is 0.153 e. The Hall–Kier alpha value is -0.290. The highest BCUT2D eigenvalue weighted by Gasteiger charge is 2.34. The topological polar surface area (TPSA) is 55.5 Å². The molecule has 1 aromatic rings. The second-order valence-electron chi connectivity index (χ2n) is 5.44. The maximum Gasteiger partial charge on any atom is 0.153 e. The zero-order chi connectivity index (χ0) is 12.6. The molecule has 0 spiro atoms. The van der Waals surface area contributed by atoms with Crippen LogP contribution < -0.4 is 10.5 Å². The highest BCUT2D eigenvalue weighted by Crippen LogP contribution is 2.40. The minimum absolute atomic E-state index is 0. The van der Waals surface area contributed by atoms with Crippen LogP contribution in [0.5, 0.6) is 5.75 Å². The van der Waals surface area contributed by atoms with Crippen LogP contribution in [0.3, 0.4) is 0 Å². The molecule has 0 radical (unpaired) electrons. The summed E-state index contributed by atoms with van der Waals surface area (Å²) in [6, 6.07) is 0. The number of hydrogen-bond acceptors (Lipinski definition) is 4. The molecule has 0 bridgehead atoms. The summed E-state index contributed by atoms with van der Waals surface area (Å²) in [5.74, 6) is 0.708. The van der Waals surface area contributed by atoms with E-state index in [0.717, 1.165) is 5.56 Å². The highest BCUT2D eigenvalue weighted by molar-refractivity contribution is 7.10. The standard InChI is InChI=1S/C12H21NO2S.ClH/c1-8-6-16-10(9(8)15-5)12(13,14)7-11(2,3)4;/h6,14H,7,13H2,1-5H3;1H. The van der Waals surface area contributed by atoms with Gasteiger partial charge >= 0.3 is 0 Å². The van der Waals surface area contributed by atoms with Crippen molar-refractivity contribution in [3.63, 3.8) is 0 Å². The van der Waals surface area contributed by atoms with Crippen LogP contribution in [0.15, 0.2) is 5.38 Å². The fourth-order valence-corrected chi connectivity index (χ4v) is 2.90. The van der Waals surface area contributed by atoms with E-state index in [4.69, 9.17) is 10.5 Å². The molecule has 0 aliphatic heterocycles. The first-order valence-corrected chi connectivity index (χ1v) is 6.19. The van der Waals surface area contributed by atoms with E-state index in [2.05, 4.69) is 20.8 Å². The summed E-state index contributed by atoms with van der Waals surface area (Å²) in [7, 11) is 1.60. The lowest BCUT2D eigenvalue weighted by Crippen LogP contribution is -2.39. The van der Waals surface area contributed by atoms with Crippen molar-refractivity contribution in [2.75, 3.05) is 7.11 Å². The van der Waals surface area contributed by atoms with Crippen LogP contribution in [0, 0.1) is 12.3 Å². The third kappa shape index (κ3) is 4.14. The van der Waals surface area contributed by atoms with Gasteiger partial charge in [0.15, 0.2) is 5.72 Å². The van der Waals surface area contributed by atoms with E-state index >= 15 is 0 Å². The summed E-state index contributed by atoms with van der Waals surface area (Å²) in [6.45, 7) is 8.11. The molecule has 0 aromatic carbocycles. The van der Waals surface area contributed by atoms with Crippen molar-refractivity contribution in [2.24, 2.45) is 11.1 Å². The molecular weight excluding hydrogens is 258 g/mol. The molecule has 1 heterocycles. The first kappa shape index (κ1) is 16.7. The third-order valence-corrected chi connectivity index (χ3v) is 3.56. The molecule has 0 fully saturated rings. The summed E-state index contributed by atoms with van der Waals surface area (Å²) in [5.41, 5.74) is 5.66. The van der Waals surface area contributed by atoms with Crippen LogP contribution in [0.4, 0.5) is 0 Å². The van der Waals surface area contributed by atoms with Gasteiger partial charge in [0.2, 0.25) is 0 Å². The summed E-state index contributed by atoms with van der Waals surface area (Å²) < 4.78 is 5.29. The summed E-state index contributed by atoms with van der Waals surface area (Å²) in [4.78, 5) is 0.711. The lowest BCUT2D eigenvalue weighted by Gasteiger charge is -2.30. The maximum atomic E-state index is 10.4. The molecule has 0 aliphatic carbocycles. The Morgan fingerprint density at radius 2 is 1.94 bits per heavy atom. The Bertz CT molecular complexity index is 369. The predicted octanol–water partition coefficient (Wildman–Crippen LogP) is 3.03. The number of halogens is 1. The Labute approximate surface area is 113 Å². The Kier molecular flexibility index (Phi) is 5.47. The van der Waals surface area contributed by atoms with Crippen molar-refractivity contribution in [3.05, 3.63) is 15.8 Å². The average molecular weight is 280 g/mol. The van der Waals surface area contributed by atoms with E-state index < -0.39 is 5.72 Å². The van der Waals surface area contributed by atoms with Crippen molar-refractivity contribution >= 4 is 23.7 Å². The number of methoxy groups -OCH3 is 1. The van der Waals surface area contributed by atoms with Crippen molar-refractivity contribution in [1.82, 2.24) is 0 Å². The van der Waals surface area contributed by atoms with E-state index in [9.17, 15) is 5.11 Å². The van der Waals surface area contributed by atoms with E-state index in [1.807, 2.05) is 12.3 Å². The zero-order valence-corrected chi connectivity index (χ0v) is 12.7. The van der Waals surface area contributed by atoms with E-state index in [1.54, 1.807) is 7.11 Å². The van der Waals surface area contributed by atoms with Gasteiger partial charge in [0, 0.05) is 5.56 Å². The monoisotopic (exact) mass is 279 g/mol. The predicted molar refractivity (Wildman–Crippen MR) is 75.0 cm³/mol. The fraction of sp³-hybridized carbons (Fsp3) is 0.667. The highest BCUT2D eigenvalue weighted by atomic mass is 35.5. The quantitative estimate of drug-likeness (QED) is 0.836. The molecular formula is C12H22ClNO2S. The van der Waals surface area contributed by atoms with Gasteiger partial charge in [-0.05, 0) is 24.1 Å². The molecule has 1 rings (SSSR count). The van der Waals surface area contributed by atoms with Gasteiger partial charge in [-0.2, -0.15) is 0 Å². The molecule has 1 unspecified atom stereocenters. The van der Waals surface area contributed by atoms with Crippen molar-refractivity contribution < 1.29 is 9.84 Å². The molecule has 100 valence electrons. The number of aryl methyl sites for hydroxylation is 1. The molecule has 0 saturated carbocycles.